The molecule has 0 spiro atoms. The van der Waals surface area contributed by atoms with Crippen LogP contribution < -0.4 is 5.56 Å². The van der Waals surface area contributed by atoms with E-state index < -0.39 is 29.0 Å². The van der Waals surface area contributed by atoms with Crippen LogP contribution in [0.4, 0.5) is 8.78 Å². The van der Waals surface area contributed by atoms with Crippen LogP contribution in [0.5, 0.6) is 5.75 Å². The van der Waals surface area contributed by atoms with E-state index in [2.05, 4.69) is 0 Å². The first-order valence-electron chi connectivity index (χ1n) is 3.25. The Morgan fingerprint density at radius 2 is 2.15 bits per heavy atom. The Hall–Kier alpha value is -1.72. The minimum Gasteiger partial charge on any atom is -0.507 e. The number of hydrogen-bond donors (Lipinski definition) is 2. The highest BCUT2D eigenvalue weighted by atomic mass is 19.3. The SMILES string of the molecule is O=Cc1c(O)cc(=O)[nH]c1C(F)F. The third-order valence-electron chi connectivity index (χ3n) is 1.43. The monoisotopic (exact) mass is 189 g/mol. The molecule has 1 aromatic rings. The first-order chi connectivity index (χ1) is 6.06. The number of H-pyrrole nitrogens is 1. The molecule has 0 aliphatic rings. The van der Waals surface area contributed by atoms with Crippen molar-refractivity contribution in [1.29, 1.82) is 0 Å². The number of alkyl halides is 2. The first kappa shape index (κ1) is 9.37. The molecular formula is C7H5F2NO3. The smallest absolute Gasteiger partial charge is 0.279 e. The summed E-state index contributed by atoms with van der Waals surface area (Å²) in [5.74, 6) is -0.742. The molecule has 70 valence electrons. The van der Waals surface area contributed by atoms with Gasteiger partial charge in [-0.3, -0.25) is 9.59 Å². The summed E-state index contributed by atoms with van der Waals surface area (Å²) >= 11 is 0. The average molecular weight is 189 g/mol. The number of aromatic hydroxyl groups is 1. The molecule has 1 heterocycles. The molecule has 1 rings (SSSR count). The summed E-state index contributed by atoms with van der Waals surface area (Å²) in [6, 6.07) is 0.662. The summed E-state index contributed by atoms with van der Waals surface area (Å²) in [5, 5.41) is 8.94. The van der Waals surface area contributed by atoms with Gasteiger partial charge in [0.15, 0.2) is 6.29 Å². The molecule has 0 radical (unpaired) electrons. The molecule has 0 aliphatic heterocycles. The van der Waals surface area contributed by atoms with Crippen LogP contribution in [0.1, 0.15) is 22.5 Å². The van der Waals surface area contributed by atoms with Crippen LogP contribution in [0.3, 0.4) is 0 Å². The van der Waals surface area contributed by atoms with Gasteiger partial charge < -0.3 is 10.1 Å². The van der Waals surface area contributed by atoms with Crippen LogP contribution in [-0.2, 0) is 0 Å². The molecular weight excluding hydrogens is 184 g/mol. The van der Waals surface area contributed by atoms with E-state index in [1.165, 1.54) is 0 Å². The molecule has 13 heavy (non-hydrogen) atoms. The number of aromatic nitrogens is 1. The molecule has 0 saturated carbocycles. The van der Waals surface area contributed by atoms with E-state index in [0.29, 0.717) is 6.07 Å². The number of carbonyl (C=O) groups is 1. The third kappa shape index (κ3) is 1.71. The molecule has 6 heteroatoms. The zero-order chi connectivity index (χ0) is 10.0. The van der Waals surface area contributed by atoms with Crippen molar-refractivity contribution in [1.82, 2.24) is 4.98 Å². The lowest BCUT2D eigenvalue weighted by molar-refractivity contribution is 0.110. The van der Waals surface area contributed by atoms with E-state index in [4.69, 9.17) is 5.11 Å². The predicted molar refractivity (Wildman–Crippen MR) is 39.1 cm³/mol. The zero-order valence-corrected chi connectivity index (χ0v) is 6.25. The summed E-state index contributed by atoms with van der Waals surface area (Å²) in [6.45, 7) is 0. The van der Waals surface area contributed by atoms with E-state index in [1.807, 2.05) is 0 Å². The highest BCUT2D eigenvalue weighted by Gasteiger charge is 2.17. The van der Waals surface area contributed by atoms with Gasteiger partial charge in [0.2, 0.25) is 0 Å². The third-order valence-corrected chi connectivity index (χ3v) is 1.43. The highest BCUT2D eigenvalue weighted by Crippen LogP contribution is 2.23. The van der Waals surface area contributed by atoms with Crippen LogP contribution in [0.15, 0.2) is 10.9 Å². The average Bonchev–Trinajstić information content (AvgIpc) is 2.02. The molecule has 4 nitrogen and oxygen atoms in total. The van der Waals surface area contributed by atoms with Gasteiger partial charge in [0, 0.05) is 6.07 Å². The zero-order valence-electron chi connectivity index (χ0n) is 6.25. The maximum Gasteiger partial charge on any atom is 0.279 e. The van der Waals surface area contributed by atoms with Gasteiger partial charge in [0.25, 0.3) is 12.0 Å². The quantitative estimate of drug-likeness (QED) is 0.677. The van der Waals surface area contributed by atoms with Crippen LogP contribution in [-0.4, -0.2) is 16.4 Å². The summed E-state index contributed by atoms with van der Waals surface area (Å²) in [5.41, 5.74) is -2.33. The molecule has 0 atom stereocenters. The van der Waals surface area contributed by atoms with Gasteiger partial charge in [-0.05, 0) is 0 Å². The molecule has 0 aliphatic carbocycles. The lowest BCUT2D eigenvalue weighted by atomic mass is 10.2. The summed E-state index contributed by atoms with van der Waals surface area (Å²) in [4.78, 5) is 22.6. The topological polar surface area (TPSA) is 70.2 Å². The van der Waals surface area contributed by atoms with Gasteiger partial charge in [-0.1, -0.05) is 0 Å². The standard InChI is InChI=1S/C7H5F2NO3/c8-7(9)6-3(2-11)4(12)1-5(13)10-6/h1-2,7H,(H2,10,12,13). The second kappa shape index (κ2) is 3.34. The number of carbonyl (C=O) groups excluding carboxylic acids is 1. The molecule has 0 amide bonds. The second-order valence-corrected chi connectivity index (χ2v) is 2.26. The van der Waals surface area contributed by atoms with Gasteiger partial charge >= 0.3 is 0 Å². The van der Waals surface area contributed by atoms with Crippen molar-refractivity contribution in [2.75, 3.05) is 0 Å². The van der Waals surface area contributed by atoms with Crippen molar-refractivity contribution in [3.63, 3.8) is 0 Å². The maximum atomic E-state index is 12.1. The van der Waals surface area contributed by atoms with Crippen molar-refractivity contribution in [2.24, 2.45) is 0 Å². The first-order valence-corrected chi connectivity index (χ1v) is 3.25. The van der Waals surface area contributed by atoms with Crippen LogP contribution in [0.25, 0.3) is 0 Å². The van der Waals surface area contributed by atoms with Gasteiger partial charge in [0.05, 0.1) is 11.3 Å². The molecule has 2 N–H and O–H groups in total. The summed E-state index contributed by atoms with van der Waals surface area (Å²) in [6.07, 6.45) is -2.94. The Balaban J connectivity index is 3.47. The van der Waals surface area contributed by atoms with Crippen molar-refractivity contribution >= 4 is 6.29 Å². The number of halogens is 2. The maximum absolute atomic E-state index is 12.1. The van der Waals surface area contributed by atoms with E-state index in [9.17, 15) is 18.4 Å². The lowest BCUT2D eigenvalue weighted by Gasteiger charge is -2.03. The van der Waals surface area contributed by atoms with Crippen molar-refractivity contribution in [3.8, 4) is 5.75 Å². The number of rotatable bonds is 2. The van der Waals surface area contributed by atoms with Crippen LogP contribution >= 0.6 is 0 Å². The van der Waals surface area contributed by atoms with Crippen LogP contribution in [0, 0.1) is 0 Å². The molecule has 0 fully saturated rings. The largest absolute Gasteiger partial charge is 0.507 e. The van der Waals surface area contributed by atoms with Gasteiger partial charge in [-0.15, -0.1) is 0 Å². The van der Waals surface area contributed by atoms with Gasteiger partial charge in [0.1, 0.15) is 5.75 Å². The Morgan fingerprint density at radius 1 is 1.54 bits per heavy atom. The molecule has 0 aromatic carbocycles. The number of pyridine rings is 1. The minimum absolute atomic E-state index is 0.0623. The Bertz CT molecular complexity index is 386. The lowest BCUT2D eigenvalue weighted by Crippen LogP contribution is -2.10. The summed E-state index contributed by atoms with van der Waals surface area (Å²) in [7, 11) is 0. The minimum atomic E-state index is -3.00. The van der Waals surface area contributed by atoms with E-state index in [1.54, 1.807) is 4.98 Å². The van der Waals surface area contributed by atoms with Gasteiger partial charge in [-0.25, -0.2) is 8.78 Å². The molecule has 0 bridgehead atoms. The van der Waals surface area contributed by atoms with E-state index in [-0.39, 0.29) is 6.29 Å². The molecule has 0 unspecified atom stereocenters. The second-order valence-electron chi connectivity index (χ2n) is 2.26. The van der Waals surface area contributed by atoms with E-state index >= 15 is 0 Å². The number of hydrogen-bond acceptors (Lipinski definition) is 3. The Kier molecular flexibility index (Phi) is 2.41. The number of aromatic amines is 1. The Labute approximate surface area is 70.8 Å². The fourth-order valence-corrected chi connectivity index (χ4v) is 0.872. The van der Waals surface area contributed by atoms with Crippen molar-refractivity contribution < 1.29 is 18.7 Å². The van der Waals surface area contributed by atoms with Gasteiger partial charge in [-0.2, -0.15) is 0 Å². The molecule has 1 aromatic heterocycles. The fourth-order valence-electron chi connectivity index (χ4n) is 0.872. The van der Waals surface area contributed by atoms with Crippen molar-refractivity contribution in [2.45, 2.75) is 6.43 Å². The summed E-state index contributed by atoms with van der Waals surface area (Å²) < 4.78 is 24.3. The van der Waals surface area contributed by atoms with Crippen molar-refractivity contribution in [3.05, 3.63) is 27.7 Å². The fraction of sp³-hybridized carbons (Fsp3) is 0.143. The number of nitrogens with one attached hydrogen (secondary N) is 1. The highest BCUT2D eigenvalue weighted by molar-refractivity contribution is 5.80. The Morgan fingerprint density at radius 3 is 2.62 bits per heavy atom. The normalized spacial score (nSPS) is 10.4. The van der Waals surface area contributed by atoms with Crippen LogP contribution in [0.2, 0.25) is 0 Å². The molecule has 0 saturated heterocycles. The van der Waals surface area contributed by atoms with E-state index in [0.717, 1.165) is 0 Å². The number of aldehydes is 1. The predicted octanol–water partition coefficient (Wildman–Crippen LogP) is 0.831.